The molecule has 112 valence electrons. The van der Waals surface area contributed by atoms with Crippen molar-refractivity contribution < 1.29 is 0 Å². The molecule has 0 aliphatic heterocycles. The van der Waals surface area contributed by atoms with Gasteiger partial charge < -0.3 is 15.1 Å². The smallest absolute Gasteiger partial charge is 0.231 e. The van der Waals surface area contributed by atoms with Gasteiger partial charge in [0.05, 0.1) is 0 Å². The van der Waals surface area contributed by atoms with Gasteiger partial charge in [0.1, 0.15) is 0 Å². The van der Waals surface area contributed by atoms with Gasteiger partial charge in [0.25, 0.3) is 0 Å². The van der Waals surface area contributed by atoms with Crippen molar-refractivity contribution in [3.8, 4) is 0 Å². The first-order chi connectivity index (χ1) is 9.51. The minimum Gasteiger partial charge on any atom is -0.357 e. The molecule has 1 aromatic heterocycles. The van der Waals surface area contributed by atoms with Crippen molar-refractivity contribution in [2.45, 2.75) is 38.6 Å². The molecule has 1 saturated carbocycles. The average molecular weight is 278 g/mol. The molecule has 0 radical (unpaired) electrons. The van der Waals surface area contributed by atoms with Crippen molar-refractivity contribution in [3.05, 3.63) is 0 Å². The molecule has 1 heterocycles. The van der Waals surface area contributed by atoms with Crippen LogP contribution in [-0.4, -0.2) is 49.2 Å². The summed E-state index contributed by atoms with van der Waals surface area (Å²) in [5.41, 5.74) is 0. The summed E-state index contributed by atoms with van der Waals surface area (Å²) in [6.45, 7) is 2.33. The van der Waals surface area contributed by atoms with E-state index < -0.39 is 0 Å². The van der Waals surface area contributed by atoms with Crippen LogP contribution in [-0.2, 0) is 0 Å². The maximum absolute atomic E-state index is 4.57. The zero-order valence-electron chi connectivity index (χ0n) is 13.2. The largest absolute Gasteiger partial charge is 0.357 e. The summed E-state index contributed by atoms with van der Waals surface area (Å²) in [6, 6.07) is 0.529. The number of nitrogens with one attached hydrogen (secondary N) is 1. The molecule has 2 rings (SSSR count). The van der Waals surface area contributed by atoms with Crippen molar-refractivity contribution in [1.82, 2.24) is 15.0 Å². The van der Waals surface area contributed by atoms with Gasteiger partial charge in [0.15, 0.2) is 0 Å². The molecule has 0 saturated heterocycles. The maximum atomic E-state index is 4.57. The molecular formula is C14H26N6. The second-order valence-corrected chi connectivity index (χ2v) is 5.94. The molecule has 0 spiro atoms. The lowest BCUT2D eigenvalue weighted by atomic mass is 9.86. The van der Waals surface area contributed by atoms with Crippen LogP contribution in [0, 0.1) is 5.92 Å². The first-order valence-corrected chi connectivity index (χ1v) is 7.35. The highest BCUT2D eigenvalue weighted by Crippen LogP contribution is 2.28. The number of hydrogen-bond acceptors (Lipinski definition) is 6. The van der Waals surface area contributed by atoms with Crippen LogP contribution in [0.3, 0.4) is 0 Å². The molecule has 1 aliphatic carbocycles. The molecule has 6 nitrogen and oxygen atoms in total. The van der Waals surface area contributed by atoms with Crippen molar-refractivity contribution in [2.24, 2.45) is 5.92 Å². The van der Waals surface area contributed by atoms with Gasteiger partial charge in [-0.2, -0.15) is 15.0 Å². The fourth-order valence-corrected chi connectivity index (χ4v) is 2.74. The molecule has 0 bridgehead atoms. The maximum Gasteiger partial charge on any atom is 0.231 e. The Labute approximate surface area is 121 Å². The van der Waals surface area contributed by atoms with Gasteiger partial charge in [0, 0.05) is 34.2 Å². The summed E-state index contributed by atoms with van der Waals surface area (Å²) in [7, 11) is 7.82. The van der Waals surface area contributed by atoms with Crippen LogP contribution in [0.25, 0.3) is 0 Å². The van der Waals surface area contributed by atoms with Crippen LogP contribution in [0.1, 0.15) is 32.6 Å². The molecule has 0 amide bonds. The minimum atomic E-state index is 0.529. The summed E-state index contributed by atoms with van der Waals surface area (Å²) in [5, 5.41) is 3.01. The number of anilines is 3. The number of aromatic nitrogens is 3. The number of hydrogen-bond donors (Lipinski definition) is 1. The third kappa shape index (κ3) is 3.29. The number of nitrogens with zero attached hydrogens (tertiary/aromatic N) is 5. The Morgan fingerprint density at radius 3 is 2.35 bits per heavy atom. The van der Waals surface area contributed by atoms with E-state index >= 15 is 0 Å². The Hall–Kier alpha value is -1.59. The highest BCUT2D eigenvalue weighted by molar-refractivity contribution is 5.44. The standard InChI is InChI=1S/C14H26N6/c1-10-7-6-8-11(9-10)20(5)14-17-12(15-2)16-13(18-14)19(3)4/h10-11H,6-9H2,1-5H3,(H,15,16,17,18). The summed E-state index contributed by atoms with van der Waals surface area (Å²) >= 11 is 0. The Balaban J connectivity index is 2.23. The fourth-order valence-electron chi connectivity index (χ4n) is 2.74. The highest BCUT2D eigenvalue weighted by Gasteiger charge is 2.24. The van der Waals surface area contributed by atoms with Crippen LogP contribution in [0.15, 0.2) is 0 Å². The second kappa shape index (κ2) is 6.24. The first-order valence-electron chi connectivity index (χ1n) is 7.35. The molecular weight excluding hydrogens is 252 g/mol. The normalized spacial score (nSPS) is 22.4. The summed E-state index contributed by atoms with van der Waals surface area (Å²) < 4.78 is 0. The zero-order valence-corrected chi connectivity index (χ0v) is 13.2. The molecule has 2 atom stereocenters. The predicted molar refractivity (Wildman–Crippen MR) is 83.5 cm³/mol. The minimum absolute atomic E-state index is 0.529. The van der Waals surface area contributed by atoms with Gasteiger partial charge in [-0.3, -0.25) is 0 Å². The van der Waals surface area contributed by atoms with Crippen molar-refractivity contribution >= 4 is 17.8 Å². The number of rotatable bonds is 4. The summed E-state index contributed by atoms with van der Waals surface area (Å²) in [5.74, 6) is 2.85. The van der Waals surface area contributed by atoms with Gasteiger partial charge in [0.2, 0.25) is 17.8 Å². The van der Waals surface area contributed by atoms with Crippen LogP contribution < -0.4 is 15.1 Å². The summed E-state index contributed by atoms with van der Waals surface area (Å²) in [4.78, 5) is 17.6. The Bertz CT molecular complexity index is 447. The van der Waals surface area contributed by atoms with Crippen molar-refractivity contribution in [2.75, 3.05) is 43.3 Å². The topological polar surface area (TPSA) is 57.2 Å². The highest BCUT2D eigenvalue weighted by atomic mass is 15.3. The van der Waals surface area contributed by atoms with E-state index in [-0.39, 0.29) is 0 Å². The van der Waals surface area contributed by atoms with Crippen LogP contribution >= 0.6 is 0 Å². The van der Waals surface area contributed by atoms with Crippen molar-refractivity contribution in [1.29, 1.82) is 0 Å². The molecule has 0 aromatic carbocycles. The van der Waals surface area contributed by atoms with Gasteiger partial charge in [-0.05, 0) is 18.8 Å². The third-order valence-corrected chi connectivity index (χ3v) is 4.01. The Kier molecular flexibility index (Phi) is 4.62. The lowest BCUT2D eigenvalue weighted by Crippen LogP contribution is -2.37. The molecule has 20 heavy (non-hydrogen) atoms. The molecule has 1 aliphatic rings. The quantitative estimate of drug-likeness (QED) is 0.909. The van der Waals surface area contributed by atoms with Gasteiger partial charge in [-0.25, -0.2) is 0 Å². The Morgan fingerprint density at radius 1 is 1.05 bits per heavy atom. The van der Waals surface area contributed by atoms with Gasteiger partial charge in [-0.15, -0.1) is 0 Å². The third-order valence-electron chi connectivity index (χ3n) is 4.01. The lowest BCUT2D eigenvalue weighted by Gasteiger charge is -2.34. The van der Waals surface area contributed by atoms with Gasteiger partial charge >= 0.3 is 0 Å². The van der Waals surface area contributed by atoms with E-state index in [1.165, 1.54) is 25.7 Å². The van der Waals surface area contributed by atoms with Crippen molar-refractivity contribution in [3.63, 3.8) is 0 Å². The molecule has 1 aromatic rings. The lowest BCUT2D eigenvalue weighted by molar-refractivity contribution is 0.334. The average Bonchev–Trinajstić information content (AvgIpc) is 2.45. The fraction of sp³-hybridized carbons (Fsp3) is 0.786. The van der Waals surface area contributed by atoms with E-state index in [4.69, 9.17) is 0 Å². The van der Waals surface area contributed by atoms with Crippen LogP contribution in [0.5, 0.6) is 0 Å². The predicted octanol–water partition coefficient (Wildman–Crippen LogP) is 1.99. The van der Waals surface area contributed by atoms with E-state index in [2.05, 4.69) is 39.1 Å². The van der Waals surface area contributed by atoms with Crippen LogP contribution in [0.4, 0.5) is 17.8 Å². The van der Waals surface area contributed by atoms with E-state index in [0.717, 1.165) is 11.9 Å². The van der Waals surface area contributed by atoms with E-state index in [1.54, 1.807) is 0 Å². The first kappa shape index (κ1) is 14.8. The SMILES string of the molecule is CNc1nc(N(C)C)nc(N(C)C2CCCC(C)C2)n1. The molecule has 1 N–H and O–H groups in total. The molecule has 1 fully saturated rings. The van der Waals surface area contributed by atoms with Crippen LogP contribution in [0.2, 0.25) is 0 Å². The summed E-state index contributed by atoms with van der Waals surface area (Å²) in [6.07, 6.45) is 5.07. The second-order valence-electron chi connectivity index (χ2n) is 5.94. The van der Waals surface area contributed by atoms with E-state index in [0.29, 0.717) is 17.9 Å². The van der Waals surface area contributed by atoms with E-state index in [1.807, 2.05) is 26.0 Å². The van der Waals surface area contributed by atoms with Gasteiger partial charge in [-0.1, -0.05) is 19.8 Å². The molecule has 6 heteroatoms. The molecule has 2 unspecified atom stereocenters. The Morgan fingerprint density at radius 2 is 1.75 bits per heavy atom. The monoisotopic (exact) mass is 278 g/mol. The zero-order chi connectivity index (χ0) is 14.7. The van der Waals surface area contributed by atoms with E-state index in [9.17, 15) is 0 Å².